The Balaban J connectivity index is 1.36. The maximum atomic E-state index is 12.4. The molecule has 2 amide bonds. The van der Waals surface area contributed by atoms with Crippen LogP contribution in [0.5, 0.6) is 0 Å². The Morgan fingerprint density at radius 3 is 2.55 bits per heavy atom. The van der Waals surface area contributed by atoms with Crippen LogP contribution in [-0.2, 0) is 16.0 Å². The van der Waals surface area contributed by atoms with E-state index in [4.69, 9.17) is 4.74 Å². The number of piperidine rings is 1. The predicted molar refractivity (Wildman–Crippen MR) is 115 cm³/mol. The highest BCUT2D eigenvalue weighted by Crippen LogP contribution is 2.31. The SMILES string of the molecule is CC1Cc2ccccc2N1CCNC(=O)CC1CCN(C(=O)OC(C)(C)C)CC1. The normalized spacial score (nSPS) is 19.8. The lowest BCUT2D eigenvalue weighted by Gasteiger charge is -2.33. The quantitative estimate of drug-likeness (QED) is 0.819. The lowest BCUT2D eigenvalue weighted by Crippen LogP contribution is -2.43. The zero-order chi connectivity index (χ0) is 21.0. The van der Waals surface area contributed by atoms with E-state index >= 15 is 0 Å². The van der Waals surface area contributed by atoms with Crippen molar-refractivity contribution in [3.63, 3.8) is 0 Å². The first-order valence-electron chi connectivity index (χ1n) is 10.8. The van der Waals surface area contributed by atoms with Crippen molar-refractivity contribution < 1.29 is 14.3 Å². The van der Waals surface area contributed by atoms with E-state index in [-0.39, 0.29) is 12.0 Å². The van der Waals surface area contributed by atoms with Crippen molar-refractivity contribution in [3.8, 4) is 0 Å². The number of hydrogen-bond acceptors (Lipinski definition) is 4. The molecule has 1 unspecified atom stereocenters. The summed E-state index contributed by atoms with van der Waals surface area (Å²) in [6.45, 7) is 10.7. The molecule has 1 N–H and O–H groups in total. The largest absolute Gasteiger partial charge is 0.444 e. The highest BCUT2D eigenvalue weighted by Gasteiger charge is 2.28. The van der Waals surface area contributed by atoms with Crippen LogP contribution in [0.25, 0.3) is 0 Å². The lowest BCUT2D eigenvalue weighted by molar-refractivity contribution is -0.122. The van der Waals surface area contributed by atoms with Gasteiger partial charge in [0.05, 0.1) is 0 Å². The summed E-state index contributed by atoms with van der Waals surface area (Å²) in [6.07, 6.45) is 3.06. The van der Waals surface area contributed by atoms with Gasteiger partial charge in [0.25, 0.3) is 0 Å². The van der Waals surface area contributed by atoms with Crippen molar-refractivity contribution in [2.75, 3.05) is 31.1 Å². The van der Waals surface area contributed by atoms with Crippen molar-refractivity contribution in [1.29, 1.82) is 0 Å². The van der Waals surface area contributed by atoms with Gasteiger partial charge in [-0.25, -0.2) is 4.79 Å². The summed E-state index contributed by atoms with van der Waals surface area (Å²) in [5, 5.41) is 3.09. The van der Waals surface area contributed by atoms with Crippen LogP contribution in [0.4, 0.5) is 10.5 Å². The van der Waals surface area contributed by atoms with Gasteiger partial charge in [0, 0.05) is 44.3 Å². The second-order valence-corrected chi connectivity index (χ2v) is 9.34. The summed E-state index contributed by atoms with van der Waals surface area (Å²) in [4.78, 5) is 28.7. The van der Waals surface area contributed by atoms with Crippen LogP contribution in [-0.4, -0.2) is 54.7 Å². The molecule has 160 valence electrons. The third-order valence-electron chi connectivity index (χ3n) is 5.76. The van der Waals surface area contributed by atoms with Gasteiger partial charge < -0.3 is 19.9 Å². The maximum Gasteiger partial charge on any atom is 0.410 e. The fourth-order valence-corrected chi connectivity index (χ4v) is 4.27. The summed E-state index contributed by atoms with van der Waals surface area (Å²) < 4.78 is 5.43. The predicted octanol–water partition coefficient (Wildman–Crippen LogP) is 3.59. The van der Waals surface area contributed by atoms with E-state index < -0.39 is 5.60 Å². The molecule has 29 heavy (non-hydrogen) atoms. The van der Waals surface area contributed by atoms with Crippen molar-refractivity contribution in [2.45, 2.75) is 65.0 Å². The van der Waals surface area contributed by atoms with Crippen LogP contribution in [0.3, 0.4) is 0 Å². The molecule has 0 saturated carbocycles. The van der Waals surface area contributed by atoms with E-state index in [2.05, 4.69) is 41.4 Å². The summed E-state index contributed by atoms with van der Waals surface area (Å²) >= 11 is 0. The molecule has 1 atom stereocenters. The molecule has 0 radical (unpaired) electrons. The minimum atomic E-state index is -0.471. The first kappa shape index (κ1) is 21.5. The van der Waals surface area contributed by atoms with E-state index in [0.717, 1.165) is 25.8 Å². The van der Waals surface area contributed by atoms with Crippen LogP contribution in [0, 0.1) is 5.92 Å². The fourth-order valence-electron chi connectivity index (χ4n) is 4.27. The highest BCUT2D eigenvalue weighted by atomic mass is 16.6. The smallest absolute Gasteiger partial charge is 0.410 e. The van der Waals surface area contributed by atoms with Crippen molar-refractivity contribution in [3.05, 3.63) is 29.8 Å². The molecule has 2 aliphatic rings. The van der Waals surface area contributed by atoms with Crippen LogP contribution in [0.1, 0.15) is 52.5 Å². The van der Waals surface area contributed by atoms with Gasteiger partial charge in [-0.05, 0) is 64.5 Å². The number of fused-ring (bicyclic) bond motifs is 1. The second-order valence-electron chi connectivity index (χ2n) is 9.34. The molecule has 0 bridgehead atoms. The standard InChI is InChI=1S/C23H35N3O3/c1-17-15-19-7-5-6-8-20(19)26(17)14-11-24-21(27)16-18-9-12-25(13-10-18)22(28)29-23(2,3)4/h5-8,17-18H,9-16H2,1-4H3,(H,24,27). The van der Waals surface area contributed by atoms with Crippen molar-refractivity contribution in [1.82, 2.24) is 10.2 Å². The van der Waals surface area contributed by atoms with Crippen LogP contribution in [0.15, 0.2) is 24.3 Å². The Kier molecular flexibility index (Phi) is 6.70. The zero-order valence-corrected chi connectivity index (χ0v) is 18.2. The zero-order valence-electron chi connectivity index (χ0n) is 18.2. The minimum Gasteiger partial charge on any atom is -0.444 e. The highest BCUT2D eigenvalue weighted by molar-refractivity contribution is 5.76. The molecule has 1 saturated heterocycles. The van der Waals surface area contributed by atoms with Gasteiger partial charge in [0.2, 0.25) is 5.91 Å². The number of carbonyl (C=O) groups excluding carboxylic acids is 2. The Morgan fingerprint density at radius 1 is 1.17 bits per heavy atom. The molecule has 6 heteroatoms. The molecule has 0 spiro atoms. The van der Waals surface area contributed by atoms with E-state index in [1.54, 1.807) is 4.90 Å². The van der Waals surface area contributed by atoms with E-state index in [0.29, 0.717) is 38.0 Å². The van der Waals surface area contributed by atoms with E-state index in [1.165, 1.54) is 11.3 Å². The van der Waals surface area contributed by atoms with E-state index in [9.17, 15) is 9.59 Å². The summed E-state index contributed by atoms with van der Waals surface area (Å²) in [5.41, 5.74) is 2.22. The number of amides is 2. The Hall–Kier alpha value is -2.24. The van der Waals surface area contributed by atoms with Gasteiger partial charge >= 0.3 is 6.09 Å². The van der Waals surface area contributed by atoms with Crippen molar-refractivity contribution in [2.24, 2.45) is 5.92 Å². The first-order valence-corrected chi connectivity index (χ1v) is 10.8. The molecule has 2 aliphatic heterocycles. The molecular weight excluding hydrogens is 366 g/mol. The lowest BCUT2D eigenvalue weighted by atomic mass is 9.93. The average Bonchev–Trinajstić information content (AvgIpc) is 2.96. The molecule has 0 aromatic heterocycles. The molecule has 2 heterocycles. The van der Waals surface area contributed by atoms with Crippen LogP contribution in [0.2, 0.25) is 0 Å². The average molecular weight is 402 g/mol. The third-order valence-corrected chi connectivity index (χ3v) is 5.76. The monoisotopic (exact) mass is 401 g/mol. The molecular formula is C23H35N3O3. The number of ether oxygens (including phenoxy) is 1. The van der Waals surface area contributed by atoms with Gasteiger partial charge in [-0.3, -0.25) is 4.79 Å². The van der Waals surface area contributed by atoms with Gasteiger partial charge in [-0.2, -0.15) is 0 Å². The maximum absolute atomic E-state index is 12.4. The number of nitrogens with one attached hydrogen (secondary N) is 1. The Bertz CT molecular complexity index is 720. The number of benzene rings is 1. The number of hydrogen-bond donors (Lipinski definition) is 1. The number of likely N-dealkylation sites (tertiary alicyclic amines) is 1. The van der Waals surface area contributed by atoms with Gasteiger partial charge in [-0.15, -0.1) is 0 Å². The topological polar surface area (TPSA) is 61.9 Å². The summed E-state index contributed by atoms with van der Waals surface area (Å²) in [6, 6.07) is 8.99. The van der Waals surface area contributed by atoms with Crippen molar-refractivity contribution >= 4 is 17.7 Å². The number of para-hydroxylation sites is 1. The van der Waals surface area contributed by atoms with Gasteiger partial charge in [0.1, 0.15) is 5.60 Å². The fraction of sp³-hybridized carbons (Fsp3) is 0.652. The minimum absolute atomic E-state index is 0.112. The number of carbonyl (C=O) groups is 2. The molecule has 6 nitrogen and oxygen atoms in total. The third kappa shape index (κ3) is 5.87. The van der Waals surface area contributed by atoms with Gasteiger partial charge in [0.15, 0.2) is 0 Å². The first-order chi connectivity index (χ1) is 13.7. The molecule has 1 fully saturated rings. The second kappa shape index (κ2) is 9.06. The molecule has 1 aromatic carbocycles. The number of rotatable bonds is 5. The Morgan fingerprint density at radius 2 is 1.86 bits per heavy atom. The van der Waals surface area contributed by atoms with Gasteiger partial charge in [-0.1, -0.05) is 18.2 Å². The van der Waals surface area contributed by atoms with Crippen LogP contribution < -0.4 is 10.2 Å². The Labute approximate surface area is 174 Å². The van der Waals surface area contributed by atoms with E-state index in [1.807, 2.05) is 20.8 Å². The summed E-state index contributed by atoms with van der Waals surface area (Å²) in [7, 11) is 0. The molecule has 3 rings (SSSR count). The van der Waals surface area contributed by atoms with Crippen LogP contribution >= 0.6 is 0 Å². The summed E-state index contributed by atoms with van der Waals surface area (Å²) in [5.74, 6) is 0.445. The number of nitrogens with zero attached hydrogens (tertiary/aromatic N) is 2. The molecule has 0 aliphatic carbocycles. The molecule has 1 aromatic rings. The number of anilines is 1.